The molecule has 0 spiro atoms. The molecule has 9 heavy (non-hydrogen) atoms. The lowest BCUT2D eigenvalue weighted by atomic mass is 9.93. The third-order valence-corrected chi connectivity index (χ3v) is 1.20. The molecule has 0 amide bonds. The lowest BCUT2D eigenvalue weighted by Gasteiger charge is -2.26. The van der Waals surface area contributed by atoms with Gasteiger partial charge in [-0.3, -0.25) is 4.79 Å². The average molecular weight is 134 g/mol. The molecule has 1 aliphatic carbocycles. The fourth-order valence-corrected chi connectivity index (χ4v) is 0.465. The van der Waals surface area contributed by atoms with Crippen molar-refractivity contribution in [2.75, 3.05) is 0 Å². The molecule has 0 heterocycles. The summed E-state index contributed by atoms with van der Waals surface area (Å²) in [6.07, 6.45) is 0.734. The smallest absolute Gasteiger partial charge is 0.290 e. The minimum atomic E-state index is -0.412. The van der Waals surface area contributed by atoms with Gasteiger partial charge in [0.25, 0.3) is 6.47 Å². The van der Waals surface area contributed by atoms with E-state index < -0.39 is 12.2 Å². The molecular formula is C5H10O4. The van der Waals surface area contributed by atoms with Gasteiger partial charge in [0.2, 0.25) is 0 Å². The number of carbonyl (C=O) groups is 1. The van der Waals surface area contributed by atoms with Crippen LogP contribution < -0.4 is 0 Å². The van der Waals surface area contributed by atoms with Crippen molar-refractivity contribution in [2.45, 2.75) is 25.0 Å². The fourth-order valence-electron chi connectivity index (χ4n) is 0.465. The molecule has 0 aliphatic heterocycles. The van der Waals surface area contributed by atoms with Crippen LogP contribution in [0, 0.1) is 0 Å². The Kier molecular flexibility index (Phi) is 4.00. The number of rotatable bonds is 0. The first-order valence-corrected chi connectivity index (χ1v) is 2.66. The molecule has 0 saturated heterocycles. The van der Waals surface area contributed by atoms with Gasteiger partial charge in [-0.2, -0.15) is 0 Å². The van der Waals surface area contributed by atoms with Crippen molar-refractivity contribution in [3.8, 4) is 0 Å². The van der Waals surface area contributed by atoms with Crippen molar-refractivity contribution >= 4 is 6.47 Å². The summed E-state index contributed by atoms with van der Waals surface area (Å²) in [4.78, 5) is 8.36. The third-order valence-electron chi connectivity index (χ3n) is 1.20. The zero-order valence-electron chi connectivity index (χ0n) is 4.90. The van der Waals surface area contributed by atoms with E-state index in [1.165, 1.54) is 0 Å². The van der Waals surface area contributed by atoms with E-state index in [1.54, 1.807) is 0 Å². The van der Waals surface area contributed by atoms with Crippen LogP contribution in [0.5, 0.6) is 0 Å². The van der Waals surface area contributed by atoms with E-state index in [1.807, 2.05) is 0 Å². The Bertz CT molecular complexity index is 75.0. The summed E-state index contributed by atoms with van der Waals surface area (Å²) >= 11 is 0. The lowest BCUT2D eigenvalue weighted by Crippen LogP contribution is -2.35. The first-order valence-electron chi connectivity index (χ1n) is 2.66. The van der Waals surface area contributed by atoms with Crippen LogP contribution in [0.25, 0.3) is 0 Å². The molecule has 3 N–H and O–H groups in total. The summed E-state index contributed by atoms with van der Waals surface area (Å²) in [7, 11) is 0. The number of hydrogen-bond acceptors (Lipinski definition) is 3. The van der Waals surface area contributed by atoms with Gasteiger partial charge in [-0.25, -0.2) is 0 Å². The van der Waals surface area contributed by atoms with E-state index in [4.69, 9.17) is 20.1 Å². The van der Waals surface area contributed by atoms with Crippen molar-refractivity contribution in [1.29, 1.82) is 0 Å². The highest BCUT2D eigenvalue weighted by atomic mass is 16.3. The van der Waals surface area contributed by atoms with Crippen LogP contribution in [0.1, 0.15) is 12.8 Å². The highest BCUT2D eigenvalue weighted by Crippen LogP contribution is 2.18. The van der Waals surface area contributed by atoms with Gasteiger partial charge in [-0.1, -0.05) is 0 Å². The molecule has 0 aromatic carbocycles. The molecule has 4 heteroatoms. The van der Waals surface area contributed by atoms with Crippen LogP contribution in [-0.2, 0) is 4.79 Å². The molecule has 0 bridgehead atoms. The molecule has 0 radical (unpaired) electrons. The van der Waals surface area contributed by atoms with E-state index in [9.17, 15) is 0 Å². The van der Waals surface area contributed by atoms with E-state index in [2.05, 4.69) is 0 Å². The largest absolute Gasteiger partial charge is 0.483 e. The zero-order chi connectivity index (χ0) is 7.28. The van der Waals surface area contributed by atoms with Crippen LogP contribution in [0.15, 0.2) is 0 Å². The van der Waals surface area contributed by atoms with Crippen LogP contribution in [0.2, 0.25) is 0 Å². The Morgan fingerprint density at radius 2 is 1.44 bits per heavy atom. The molecule has 0 aromatic rings. The first-order chi connectivity index (χ1) is 4.22. The van der Waals surface area contributed by atoms with Crippen LogP contribution in [0.4, 0.5) is 0 Å². The van der Waals surface area contributed by atoms with Crippen molar-refractivity contribution < 1.29 is 20.1 Å². The molecular weight excluding hydrogens is 124 g/mol. The number of carboxylic acid groups (broad SMARTS) is 1. The topological polar surface area (TPSA) is 77.8 Å². The maximum atomic E-state index is 8.47. The second kappa shape index (κ2) is 4.29. The Morgan fingerprint density at radius 3 is 1.44 bits per heavy atom. The Balaban J connectivity index is 0.000000187. The predicted octanol–water partition coefficient (Wildman–Crippen LogP) is -0.797. The molecule has 1 fully saturated rings. The van der Waals surface area contributed by atoms with Crippen molar-refractivity contribution in [3.05, 3.63) is 0 Å². The molecule has 2 atom stereocenters. The lowest BCUT2D eigenvalue weighted by molar-refractivity contribution is -0.122. The minimum absolute atomic E-state index is 0.250. The Hall–Kier alpha value is -0.610. The van der Waals surface area contributed by atoms with Gasteiger partial charge in [0, 0.05) is 0 Å². The number of hydrogen-bond donors (Lipinski definition) is 3. The normalized spacial score (nSPS) is 31.3. The highest BCUT2D eigenvalue weighted by molar-refractivity contribution is 5.32. The summed E-state index contributed by atoms with van der Waals surface area (Å²) in [5, 5.41) is 23.8. The minimum Gasteiger partial charge on any atom is -0.483 e. The Labute approximate surface area is 52.7 Å². The van der Waals surface area contributed by atoms with E-state index in [0.717, 1.165) is 12.8 Å². The molecule has 2 unspecified atom stereocenters. The van der Waals surface area contributed by atoms with E-state index in [-0.39, 0.29) is 6.47 Å². The number of aliphatic hydroxyl groups excluding tert-OH is 2. The molecule has 1 saturated carbocycles. The summed E-state index contributed by atoms with van der Waals surface area (Å²) < 4.78 is 0. The maximum Gasteiger partial charge on any atom is 0.290 e. The fraction of sp³-hybridized carbons (Fsp3) is 0.800. The summed E-state index contributed by atoms with van der Waals surface area (Å²) in [6, 6.07) is 0. The van der Waals surface area contributed by atoms with E-state index >= 15 is 0 Å². The van der Waals surface area contributed by atoms with Gasteiger partial charge in [0.15, 0.2) is 0 Å². The summed E-state index contributed by atoms with van der Waals surface area (Å²) in [5.74, 6) is 0. The van der Waals surface area contributed by atoms with Gasteiger partial charge >= 0.3 is 0 Å². The van der Waals surface area contributed by atoms with Crippen LogP contribution >= 0.6 is 0 Å². The summed E-state index contributed by atoms with van der Waals surface area (Å²) in [6.45, 7) is -0.250. The van der Waals surface area contributed by atoms with Gasteiger partial charge in [-0.05, 0) is 12.8 Å². The van der Waals surface area contributed by atoms with Crippen LogP contribution in [0.3, 0.4) is 0 Å². The summed E-state index contributed by atoms with van der Waals surface area (Å²) in [5.41, 5.74) is 0. The highest BCUT2D eigenvalue weighted by Gasteiger charge is 2.25. The molecule has 1 aliphatic rings. The van der Waals surface area contributed by atoms with E-state index in [0.29, 0.717) is 0 Å². The zero-order valence-corrected chi connectivity index (χ0v) is 4.90. The van der Waals surface area contributed by atoms with Gasteiger partial charge in [-0.15, -0.1) is 0 Å². The van der Waals surface area contributed by atoms with Crippen LogP contribution in [-0.4, -0.2) is 34.0 Å². The maximum absolute atomic E-state index is 8.47. The van der Waals surface area contributed by atoms with Crippen molar-refractivity contribution in [2.24, 2.45) is 0 Å². The quantitative estimate of drug-likeness (QED) is 0.379. The molecule has 54 valence electrons. The predicted molar refractivity (Wildman–Crippen MR) is 29.9 cm³/mol. The van der Waals surface area contributed by atoms with Gasteiger partial charge in [0.1, 0.15) is 0 Å². The van der Waals surface area contributed by atoms with Crippen molar-refractivity contribution in [1.82, 2.24) is 0 Å². The Morgan fingerprint density at radius 1 is 1.22 bits per heavy atom. The average Bonchev–Trinajstić information content (AvgIpc) is 1.86. The molecule has 0 aromatic heterocycles. The SMILES string of the molecule is O=CO.OC1CCC1O. The van der Waals surface area contributed by atoms with Crippen molar-refractivity contribution in [3.63, 3.8) is 0 Å². The molecule has 4 nitrogen and oxygen atoms in total. The second-order valence-electron chi connectivity index (χ2n) is 1.82. The van der Waals surface area contributed by atoms with Gasteiger partial charge in [0.05, 0.1) is 12.2 Å². The van der Waals surface area contributed by atoms with Gasteiger partial charge < -0.3 is 15.3 Å². The monoisotopic (exact) mass is 134 g/mol. The third kappa shape index (κ3) is 3.05. The standard InChI is InChI=1S/C4H8O2.CH2O2/c5-3-1-2-4(3)6;2-1-3/h3-6H,1-2H2;1H,(H,2,3). The first kappa shape index (κ1) is 8.39. The second-order valence-corrected chi connectivity index (χ2v) is 1.82. The number of aliphatic hydroxyl groups is 2. The molecule has 1 rings (SSSR count).